The number of nitrogens with zero attached hydrogens (tertiary/aromatic N) is 2. The van der Waals surface area contributed by atoms with E-state index in [4.69, 9.17) is 0 Å². The van der Waals surface area contributed by atoms with E-state index in [2.05, 4.69) is 15.5 Å². The Balaban J connectivity index is 1.36. The number of hydrogen-bond donors (Lipinski definition) is 2. The fourth-order valence-electron chi connectivity index (χ4n) is 4.46. The van der Waals surface area contributed by atoms with E-state index >= 15 is 0 Å². The molecule has 4 amide bonds. The highest BCUT2D eigenvalue weighted by atomic mass is 16.2. The Morgan fingerprint density at radius 3 is 2.63 bits per heavy atom. The van der Waals surface area contributed by atoms with Crippen LogP contribution in [0.2, 0.25) is 0 Å². The van der Waals surface area contributed by atoms with Gasteiger partial charge in [0.1, 0.15) is 6.04 Å². The van der Waals surface area contributed by atoms with Crippen molar-refractivity contribution in [2.45, 2.75) is 44.6 Å². The SMILES string of the molecule is O=C1CCC(N2C(=O)c3ccc(CCCCN4CCCNCC4)cc3C2=O)C(=O)N1. The number of benzene rings is 1. The van der Waals surface area contributed by atoms with Gasteiger partial charge in [-0.15, -0.1) is 0 Å². The highest BCUT2D eigenvalue weighted by Crippen LogP contribution is 2.28. The molecule has 2 N–H and O–H groups in total. The molecule has 0 bridgehead atoms. The number of aryl methyl sites for hydroxylation is 1. The number of amides is 4. The van der Waals surface area contributed by atoms with Gasteiger partial charge < -0.3 is 10.2 Å². The van der Waals surface area contributed by atoms with Crippen LogP contribution >= 0.6 is 0 Å². The number of unbranched alkanes of at least 4 members (excludes halogenated alkanes) is 1. The van der Waals surface area contributed by atoms with Crippen molar-refractivity contribution in [3.63, 3.8) is 0 Å². The maximum absolute atomic E-state index is 12.9. The van der Waals surface area contributed by atoms with Gasteiger partial charge in [0.2, 0.25) is 11.8 Å². The molecule has 1 atom stereocenters. The van der Waals surface area contributed by atoms with E-state index in [1.165, 1.54) is 6.42 Å². The molecule has 0 aromatic heterocycles. The number of carbonyl (C=O) groups excluding carboxylic acids is 4. The predicted octanol–water partition coefficient (Wildman–Crippen LogP) is 0.706. The summed E-state index contributed by atoms with van der Waals surface area (Å²) in [7, 11) is 0. The molecule has 30 heavy (non-hydrogen) atoms. The van der Waals surface area contributed by atoms with Gasteiger partial charge >= 0.3 is 0 Å². The topological polar surface area (TPSA) is 98.8 Å². The van der Waals surface area contributed by atoms with Crippen LogP contribution in [0.25, 0.3) is 0 Å². The Labute approximate surface area is 176 Å². The van der Waals surface area contributed by atoms with Crippen molar-refractivity contribution < 1.29 is 19.2 Å². The van der Waals surface area contributed by atoms with E-state index in [0.717, 1.165) is 62.4 Å². The van der Waals surface area contributed by atoms with E-state index in [1.807, 2.05) is 6.07 Å². The number of imide groups is 2. The third-order valence-electron chi connectivity index (χ3n) is 6.13. The zero-order valence-corrected chi connectivity index (χ0v) is 17.1. The Bertz CT molecular complexity index is 861. The Morgan fingerprint density at radius 1 is 0.967 bits per heavy atom. The van der Waals surface area contributed by atoms with Crippen molar-refractivity contribution in [1.82, 2.24) is 20.4 Å². The van der Waals surface area contributed by atoms with E-state index in [1.54, 1.807) is 12.1 Å². The van der Waals surface area contributed by atoms with Crippen LogP contribution in [0.1, 0.15) is 58.4 Å². The first-order valence-corrected chi connectivity index (χ1v) is 10.8. The van der Waals surface area contributed by atoms with Crippen LogP contribution in [0.15, 0.2) is 18.2 Å². The zero-order valence-electron chi connectivity index (χ0n) is 17.1. The van der Waals surface area contributed by atoms with E-state index in [-0.39, 0.29) is 18.7 Å². The molecule has 3 heterocycles. The number of carbonyl (C=O) groups is 4. The zero-order chi connectivity index (χ0) is 21.1. The molecule has 3 aliphatic heterocycles. The lowest BCUT2D eigenvalue weighted by Gasteiger charge is -2.27. The monoisotopic (exact) mass is 412 g/mol. The summed E-state index contributed by atoms with van der Waals surface area (Å²) in [5.41, 5.74) is 1.73. The molecule has 0 saturated carbocycles. The van der Waals surface area contributed by atoms with E-state index in [9.17, 15) is 19.2 Å². The summed E-state index contributed by atoms with van der Waals surface area (Å²) in [5, 5.41) is 5.63. The van der Waals surface area contributed by atoms with Crippen molar-refractivity contribution in [1.29, 1.82) is 0 Å². The van der Waals surface area contributed by atoms with Gasteiger partial charge in [-0.1, -0.05) is 6.07 Å². The molecular formula is C22H28N4O4. The van der Waals surface area contributed by atoms with Crippen LogP contribution in [0.5, 0.6) is 0 Å². The molecule has 160 valence electrons. The minimum Gasteiger partial charge on any atom is -0.315 e. The fraction of sp³-hybridized carbons (Fsp3) is 0.545. The van der Waals surface area contributed by atoms with Gasteiger partial charge in [0.25, 0.3) is 11.8 Å². The van der Waals surface area contributed by atoms with Gasteiger partial charge in [-0.25, -0.2) is 0 Å². The minimum atomic E-state index is -0.915. The van der Waals surface area contributed by atoms with Crippen molar-refractivity contribution in [3.8, 4) is 0 Å². The molecule has 0 radical (unpaired) electrons. The second-order valence-corrected chi connectivity index (χ2v) is 8.23. The maximum Gasteiger partial charge on any atom is 0.262 e. The summed E-state index contributed by atoms with van der Waals surface area (Å²) in [6, 6.07) is 4.46. The number of nitrogens with one attached hydrogen (secondary N) is 2. The van der Waals surface area contributed by atoms with Gasteiger partial charge in [0.05, 0.1) is 11.1 Å². The normalized spacial score (nSPS) is 22.8. The summed E-state index contributed by atoms with van der Waals surface area (Å²) in [4.78, 5) is 52.6. The number of hydrogen-bond acceptors (Lipinski definition) is 6. The lowest BCUT2D eigenvalue weighted by atomic mass is 10.0. The summed E-state index contributed by atoms with van der Waals surface area (Å²) in [6.45, 7) is 5.44. The molecule has 1 aromatic carbocycles. The smallest absolute Gasteiger partial charge is 0.262 e. The third-order valence-corrected chi connectivity index (χ3v) is 6.13. The van der Waals surface area contributed by atoms with Crippen molar-refractivity contribution in [2.24, 2.45) is 0 Å². The highest BCUT2D eigenvalue weighted by Gasteiger charge is 2.44. The first-order valence-electron chi connectivity index (χ1n) is 10.8. The predicted molar refractivity (Wildman–Crippen MR) is 110 cm³/mol. The molecule has 8 nitrogen and oxygen atoms in total. The summed E-state index contributed by atoms with van der Waals surface area (Å²) < 4.78 is 0. The molecule has 1 unspecified atom stereocenters. The highest BCUT2D eigenvalue weighted by molar-refractivity contribution is 6.23. The first kappa shape index (κ1) is 20.7. The number of rotatable bonds is 6. The number of piperidine rings is 1. The Kier molecular flexibility index (Phi) is 6.24. The molecule has 0 aliphatic carbocycles. The van der Waals surface area contributed by atoms with Crippen LogP contribution in [0.3, 0.4) is 0 Å². The molecule has 1 aromatic rings. The van der Waals surface area contributed by atoms with Gasteiger partial charge in [0, 0.05) is 19.5 Å². The summed E-state index contributed by atoms with van der Waals surface area (Å²) in [6.07, 6.45) is 4.44. The quantitative estimate of drug-likeness (QED) is 0.527. The van der Waals surface area contributed by atoms with Crippen LogP contribution < -0.4 is 10.6 Å². The summed E-state index contributed by atoms with van der Waals surface area (Å²) >= 11 is 0. The lowest BCUT2D eigenvalue weighted by Crippen LogP contribution is -2.54. The van der Waals surface area contributed by atoms with Crippen molar-refractivity contribution in [3.05, 3.63) is 34.9 Å². The first-order chi connectivity index (χ1) is 14.5. The largest absolute Gasteiger partial charge is 0.315 e. The standard InChI is InChI=1S/C22H28N4O4/c27-19-8-7-18(20(28)24-19)26-21(29)16-6-5-15(14-17(16)22(26)30)4-1-2-11-25-12-3-9-23-10-13-25/h5-6,14,18,23H,1-4,7-13H2,(H,24,27,28). The molecule has 3 aliphatic rings. The minimum absolute atomic E-state index is 0.127. The van der Waals surface area contributed by atoms with Gasteiger partial charge in [-0.2, -0.15) is 0 Å². The molecule has 2 fully saturated rings. The lowest BCUT2D eigenvalue weighted by molar-refractivity contribution is -0.136. The average Bonchev–Trinajstić information content (AvgIpc) is 2.90. The Hall–Kier alpha value is -2.58. The molecule has 0 spiro atoms. The van der Waals surface area contributed by atoms with Crippen LogP contribution in [0, 0.1) is 0 Å². The average molecular weight is 412 g/mol. The molecule has 8 heteroatoms. The second-order valence-electron chi connectivity index (χ2n) is 8.23. The Morgan fingerprint density at radius 2 is 1.80 bits per heavy atom. The van der Waals surface area contributed by atoms with Crippen LogP contribution in [-0.4, -0.2) is 72.2 Å². The number of fused-ring (bicyclic) bond motifs is 1. The molecule has 2 saturated heterocycles. The van der Waals surface area contributed by atoms with E-state index < -0.39 is 23.8 Å². The van der Waals surface area contributed by atoms with Crippen LogP contribution in [-0.2, 0) is 16.0 Å². The van der Waals surface area contributed by atoms with E-state index in [0.29, 0.717) is 11.1 Å². The van der Waals surface area contributed by atoms with Gasteiger partial charge in [-0.05, 0) is 69.4 Å². The second kappa shape index (κ2) is 9.06. The van der Waals surface area contributed by atoms with Gasteiger partial charge in [0.15, 0.2) is 0 Å². The van der Waals surface area contributed by atoms with Crippen LogP contribution in [0.4, 0.5) is 0 Å². The summed E-state index contributed by atoms with van der Waals surface area (Å²) in [5.74, 6) is -1.84. The maximum atomic E-state index is 12.9. The van der Waals surface area contributed by atoms with Crippen molar-refractivity contribution in [2.75, 3.05) is 32.7 Å². The van der Waals surface area contributed by atoms with Gasteiger partial charge in [-0.3, -0.25) is 29.4 Å². The molecular weight excluding hydrogens is 384 g/mol. The third kappa shape index (κ3) is 4.29. The molecule has 4 rings (SSSR count). The van der Waals surface area contributed by atoms with Crippen molar-refractivity contribution >= 4 is 23.6 Å². The fourth-order valence-corrected chi connectivity index (χ4v) is 4.46.